The van der Waals surface area contributed by atoms with Crippen molar-refractivity contribution >= 4 is 27.5 Å². The molecule has 1 atom stereocenters. The summed E-state index contributed by atoms with van der Waals surface area (Å²) in [5.41, 5.74) is 1.54. The second kappa shape index (κ2) is 6.51. The first-order valence-corrected chi connectivity index (χ1v) is 7.07. The maximum Gasteiger partial charge on any atom is 0.126 e. The molecule has 1 nitrogen and oxygen atoms in total. The van der Waals surface area contributed by atoms with E-state index in [0.29, 0.717) is 17.0 Å². The van der Waals surface area contributed by atoms with Crippen LogP contribution < -0.4 is 0 Å². The Balaban J connectivity index is 2.23. The normalized spacial score (nSPS) is 12.4. The van der Waals surface area contributed by atoms with E-state index in [1.54, 1.807) is 24.3 Å². The molecule has 0 fully saturated rings. The number of hydrogen-bond donors (Lipinski definition) is 1. The zero-order valence-corrected chi connectivity index (χ0v) is 12.5. The number of hydrogen-bond acceptors (Lipinski definition) is 1. The Morgan fingerprint density at radius 2 is 1.84 bits per heavy atom. The van der Waals surface area contributed by atoms with Crippen molar-refractivity contribution in [1.29, 1.82) is 0 Å². The lowest BCUT2D eigenvalue weighted by atomic mass is 9.92. The molecule has 0 heterocycles. The van der Waals surface area contributed by atoms with Gasteiger partial charge in [-0.05, 0) is 47.9 Å². The molecule has 0 amide bonds. The van der Waals surface area contributed by atoms with Crippen LogP contribution in [0.5, 0.6) is 0 Å². The van der Waals surface area contributed by atoms with Crippen molar-refractivity contribution in [2.24, 2.45) is 0 Å². The van der Waals surface area contributed by atoms with Crippen LogP contribution in [0.3, 0.4) is 0 Å². The van der Waals surface area contributed by atoms with Gasteiger partial charge in [-0.3, -0.25) is 0 Å². The lowest BCUT2D eigenvalue weighted by Crippen LogP contribution is -2.09. The molecule has 0 aliphatic carbocycles. The van der Waals surface area contributed by atoms with E-state index in [0.717, 1.165) is 10.0 Å². The third-order valence-corrected chi connectivity index (χ3v) is 3.78. The average Bonchev–Trinajstić information content (AvgIpc) is 2.41. The summed E-state index contributed by atoms with van der Waals surface area (Å²) in [5, 5.41) is 10.2. The monoisotopic (exact) mass is 342 g/mol. The summed E-state index contributed by atoms with van der Waals surface area (Å²) < 4.78 is 14.6. The molecule has 0 radical (unpaired) electrons. The van der Waals surface area contributed by atoms with Crippen molar-refractivity contribution in [3.05, 3.63) is 68.9 Å². The quantitative estimate of drug-likeness (QED) is 0.863. The van der Waals surface area contributed by atoms with E-state index in [4.69, 9.17) is 11.6 Å². The van der Waals surface area contributed by atoms with Gasteiger partial charge in [0.2, 0.25) is 0 Å². The number of rotatable bonds is 4. The van der Waals surface area contributed by atoms with Gasteiger partial charge in [0.25, 0.3) is 0 Å². The Bertz CT molecular complexity index is 557. The van der Waals surface area contributed by atoms with Gasteiger partial charge < -0.3 is 5.11 Å². The Kier molecular flexibility index (Phi) is 4.97. The molecule has 2 rings (SSSR count). The molecule has 19 heavy (non-hydrogen) atoms. The van der Waals surface area contributed by atoms with Gasteiger partial charge in [0.15, 0.2) is 0 Å². The molecule has 0 spiro atoms. The minimum atomic E-state index is -0.254. The van der Waals surface area contributed by atoms with E-state index in [1.165, 1.54) is 6.07 Å². The van der Waals surface area contributed by atoms with Gasteiger partial charge in [-0.15, -0.1) is 0 Å². The molecule has 2 aromatic carbocycles. The predicted molar refractivity (Wildman–Crippen MR) is 79.1 cm³/mol. The number of halogens is 3. The van der Waals surface area contributed by atoms with Crippen LogP contribution in [-0.2, 0) is 6.42 Å². The van der Waals surface area contributed by atoms with Crippen molar-refractivity contribution in [3.63, 3.8) is 0 Å². The van der Waals surface area contributed by atoms with E-state index in [2.05, 4.69) is 15.9 Å². The lowest BCUT2D eigenvalue weighted by Gasteiger charge is -2.15. The Morgan fingerprint density at radius 3 is 2.47 bits per heavy atom. The maximum atomic E-state index is 13.7. The number of benzene rings is 2. The highest BCUT2D eigenvalue weighted by atomic mass is 79.9. The third kappa shape index (κ3) is 3.78. The SMILES string of the molecule is OCC(Cc1cc(Br)ccc1F)c1ccc(Cl)cc1. The molecule has 2 aromatic rings. The van der Waals surface area contributed by atoms with Crippen molar-refractivity contribution in [3.8, 4) is 0 Å². The van der Waals surface area contributed by atoms with E-state index < -0.39 is 0 Å². The average molecular weight is 344 g/mol. The number of aliphatic hydroxyl groups is 1. The summed E-state index contributed by atoms with van der Waals surface area (Å²) in [5.74, 6) is -0.392. The van der Waals surface area contributed by atoms with Gasteiger partial charge in [-0.1, -0.05) is 39.7 Å². The largest absolute Gasteiger partial charge is 0.396 e. The summed E-state index contributed by atoms with van der Waals surface area (Å²) in [6.07, 6.45) is 0.448. The van der Waals surface area contributed by atoms with Crippen molar-refractivity contribution in [2.45, 2.75) is 12.3 Å². The van der Waals surface area contributed by atoms with E-state index in [9.17, 15) is 9.50 Å². The van der Waals surface area contributed by atoms with Crippen LogP contribution in [0.15, 0.2) is 46.9 Å². The minimum absolute atomic E-state index is 0.0341. The van der Waals surface area contributed by atoms with Crippen molar-refractivity contribution in [1.82, 2.24) is 0 Å². The van der Waals surface area contributed by atoms with E-state index >= 15 is 0 Å². The highest BCUT2D eigenvalue weighted by Crippen LogP contribution is 2.25. The van der Waals surface area contributed by atoms with Gasteiger partial charge >= 0.3 is 0 Å². The van der Waals surface area contributed by atoms with Gasteiger partial charge in [0, 0.05) is 15.4 Å². The van der Waals surface area contributed by atoms with Gasteiger partial charge in [0.05, 0.1) is 6.61 Å². The molecule has 100 valence electrons. The zero-order valence-electron chi connectivity index (χ0n) is 10.1. The lowest BCUT2D eigenvalue weighted by molar-refractivity contribution is 0.263. The summed E-state index contributed by atoms with van der Waals surface area (Å²) in [6.45, 7) is -0.0341. The van der Waals surface area contributed by atoms with Crippen LogP contribution in [0, 0.1) is 5.82 Å². The van der Waals surface area contributed by atoms with E-state index in [1.807, 2.05) is 12.1 Å². The molecule has 1 unspecified atom stereocenters. The first-order valence-electron chi connectivity index (χ1n) is 5.90. The zero-order chi connectivity index (χ0) is 13.8. The van der Waals surface area contributed by atoms with Crippen molar-refractivity contribution in [2.75, 3.05) is 6.61 Å². The fourth-order valence-electron chi connectivity index (χ4n) is 1.99. The van der Waals surface area contributed by atoms with Crippen LogP contribution in [0.25, 0.3) is 0 Å². The van der Waals surface area contributed by atoms with Crippen molar-refractivity contribution < 1.29 is 9.50 Å². The van der Waals surface area contributed by atoms with Crippen LogP contribution in [-0.4, -0.2) is 11.7 Å². The standard InChI is InChI=1S/C15H13BrClFO/c16-13-3-6-15(18)11(8-13)7-12(9-19)10-1-4-14(17)5-2-10/h1-6,8,12,19H,7,9H2. The topological polar surface area (TPSA) is 20.2 Å². The van der Waals surface area contributed by atoms with Crippen LogP contribution in [0.2, 0.25) is 5.02 Å². The third-order valence-electron chi connectivity index (χ3n) is 3.04. The molecule has 1 N–H and O–H groups in total. The fraction of sp³-hybridized carbons (Fsp3) is 0.200. The van der Waals surface area contributed by atoms with Crippen LogP contribution >= 0.6 is 27.5 Å². The molecule has 4 heteroatoms. The maximum absolute atomic E-state index is 13.7. The van der Waals surface area contributed by atoms with Gasteiger partial charge in [-0.2, -0.15) is 0 Å². The second-order valence-electron chi connectivity index (χ2n) is 4.37. The summed E-state index contributed by atoms with van der Waals surface area (Å²) >= 11 is 9.16. The number of aliphatic hydroxyl groups excluding tert-OH is 1. The highest BCUT2D eigenvalue weighted by Gasteiger charge is 2.14. The van der Waals surface area contributed by atoms with Crippen LogP contribution in [0.4, 0.5) is 4.39 Å². The molecule has 0 bridgehead atoms. The molecular formula is C15H13BrClFO. The fourth-order valence-corrected chi connectivity index (χ4v) is 2.52. The first kappa shape index (κ1) is 14.5. The smallest absolute Gasteiger partial charge is 0.126 e. The molecule has 0 aromatic heterocycles. The molecule has 0 aliphatic heterocycles. The Hall–Kier alpha value is -0.900. The van der Waals surface area contributed by atoms with Crippen LogP contribution in [0.1, 0.15) is 17.0 Å². The Morgan fingerprint density at radius 1 is 1.16 bits per heavy atom. The molecule has 0 saturated carbocycles. The molecular weight excluding hydrogens is 331 g/mol. The molecule has 0 aliphatic rings. The van der Waals surface area contributed by atoms with Gasteiger partial charge in [0.1, 0.15) is 5.82 Å². The van der Waals surface area contributed by atoms with Gasteiger partial charge in [-0.25, -0.2) is 4.39 Å². The Labute approximate surface area is 125 Å². The molecule has 0 saturated heterocycles. The summed E-state index contributed by atoms with van der Waals surface area (Å²) in [4.78, 5) is 0. The summed E-state index contributed by atoms with van der Waals surface area (Å²) in [6, 6.07) is 12.1. The minimum Gasteiger partial charge on any atom is -0.396 e. The predicted octanol–water partition coefficient (Wildman–Crippen LogP) is 4.56. The second-order valence-corrected chi connectivity index (χ2v) is 5.72. The van der Waals surface area contributed by atoms with E-state index in [-0.39, 0.29) is 18.3 Å². The highest BCUT2D eigenvalue weighted by molar-refractivity contribution is 9.10. The first-order chi connectivity index (χ1) is 9.10. The summed E-state index contributed by atoms with van der Waals surface area (Å²) in [7, 11) is 0.